The number of aryl methyl sites for hydroxylation is 3. The van der Waals surface area contributed by atoms with Crippen molar-refractivity contribution in [3.8, 4) is 5.69 Å². The Hall–Kier alpha value is -2.50. The molecule has 2 aromatic heterocycles. The Labute approximate surface area is 172 Å². The lowest BCUT2D eigenvalue weighted by Gasteiger charge is -2.13. The Morgan fingerprint density at radius 2 is 2.04 bits per heavy atom. The standard InChI is InChI=1S/C22H20ClN3OS/c1-2-19-18-10-9-16(23)14-20(18)26(22(27)25-19)17-7-3-5-15(13-17)6-4-8-21-24-11-12-28-21/h3,5,7,9-14H,2,4,6,8H2,1H3. The van der Waals surface area contributed by atoms with Crippen molar-refractivity contribution in [3.63, 3.8) is 0 Å². The number of thiazole rings is 1. The summed E-state index contributed by atoms with van der Waals surface area (Å²) in [6, 6.07) is 13.7. The Bertz CT molecular complexity index is 1170. The normalized spacial score (nSPS) is 11.2. The highest BCUT2D eigenvalue weighted by Gasteiger charge is 2.12. The van der Waals surface area contributed by atoms with E-state index in [1.807, 2.05) is 48.8 Å². The topological polar surface area (TPSA) is 47.8 Å². The van der Waals surface area contributed by atoms with Gasteiger partial charge in [0.2, 0.25) is 0 Å². The number of hydrogen-bond donors (Lipinski definition) is 0. The summed E-state index contributed by atoms with van der Waals surface area (Å²) in [6.45, 7) is 2.00. The van der Waals surface area contributed by atoms with Gasteiger partial charge in [-0.2, -0.15) is 4.98 Å². The van der Waals surface area contributed by atoms with Crippen molar-refractivity contribution in [3.05, 3.63) is 85.8 Å². The maximum atomic E-state index is 12.8. The van der Waals surface area contributed by atoms with Gasteiger partial charge in [-0.25, -0.2) is 9.78 Å². The average molecular weight is 410 g/mol. The van der Waals surface area contributed by atoms with E-state index in [-0.39, 0.29) is 5.69 Å². The molecule has 0 fully saturated rings. The SMILES string of the molecule is CCc1nc(=O)n(-c2cccc(CCCc3nccs3)c2)c2cc(Cl)ccc12. The molecule has 0 radical (unpaired) electrons. The first kappa shape index (κ1) is 18.8. The van der Waals surface area contributed by atoms with E-state index in [0.717, 1.165) is 46.6 Å². The van der Waals surface area contributed by atoms with Gasteiger partial charge in [0.15, 0.2) is 0 Å². The predicted octanol–water partition coefficient (Wildman–Crippen LogP) is 5.23. The van der Waals surface area contributed by atoms with E-state index in [1.165, 1.54) is 5.56 Å². The molecule has 0 aliphatic carbocycles. The van der Waals surface area contributed by atoms with E-state index in [2.05, 4.69) is 22.1 Å². The highest BCUT2D eigenvalue weighted by Crippen LogP contribution is 2.23. The van der Waals surface area contributed by atoms with Gasteiger partial charge in [-0.3, -0.25) is 4.57 Å². The number of fused-ring (bicyclic) bond motifs is 1. The van der Waals surface area contributed by atoms with Gasteiger partial charge in [-0.15, -0.1) is 11.3 Å². The fourth-order valence-corrected chi connectivity index (χ4v) is 4.28. The lowest BCUT2D eigenvalue weighted by molar-refractivity contribution is 0.812. The Kier molecular flexibility index (Phi) is 5.55. The highest BCUT2D eigenvalue weighted by molar-refractivity contribution is 7.09. The molecule has 0 saturated heterocycles. The van der Waals surface area contributed by atoms with Crippen molar-refractivity contribution in [2.45, 2.75) is 32.6 Å². The molecule has 0 atom stereocenters. The minimum atomic E-state index is -0.272. The molecule has 0 saturated carbocycles. The van der Waals surface area contributed by atoms with Gasteiger partial charge in [-0.05, 0) is 61.6 Å². The summed E-state index contributed by atoms with van der Waals surface area (Å²) in [7, 11) is 0. The second-order valence-corrected chi connectivity index (χ2v) is 8.06. The van der Waals surface area contributed by atoms with Crippen molar-refractivity contribution in [2.75, 3.05) is 0 Å². The third kappa shape index (κ3) is 3.86. The van der Waals surface area contributed by atoms with Gasteiger partial charge in [-0.1, -0.05) is 30.7 Å². The van der Waals surface area contributed by atoms with Gasteiger partial charge in [0, 0.05) is 22.0 Å². The quantitative estimate of drug-likeness (QED) is 0.438. The van der Waals surface area contributed by atoms with Crippen molar-refractivity contribution in [2.24, 2.45) is 0 Å². The minimum absolute atomic E-state index is 0.272. The van der Waals surface area contributed by atoms with Crippen LogP contribution in [0.3, 0.4) is 0 Å². The van der Waals surface area contributed by atoms with Crippen molar-refractivity contribution in [1.82, 2.24) is 14.5 Å². The molecule has 28 heavy (non-hydrogen) atoms. The summed E-state index contributed by atoms with van der Waals surface area (Å²) >= 11 is 7.92. The maximum absolute atomic E-state index is 12.8. The maximum Gasteiger partial charge on any atom is 0.352 e. The van der Waals surface area contributed by atoms with Gasteiger partial charge in [0.1, 0.15) is 0 Å². The van der Waals surface area contributed by atoms with E-state index in [1.54, 1.807) is 15.9 Å². The largest absolute Gasteiger partial charge is 0.352 e. The van der Waals surface area contributed by atoms with Gasteiger partial charge >= 0.3 is 5.69 Å². The molecule has 2 aromatic carbocycles. The fourth-order valence-electron chi connectivity index (χ4n) is 3.45. The molecule has 0 spiro atoms. The molecule has 142 valence electrons. The van der Waals surface area contributed by atoms with Crippen LogP contribution in [-0.4, -0.2) is 14.5 Å². The number of aromatic nitrogens is 3. The second kappa shape index (κ2) is 8.25. The third-order valence-corrected chi connectivity index (χ3v) is 5.85. The highest BCUT2D eigenvalue weighted by atomic mass is 35.5. The lowest BCUT2D eigenvalue weighted by atomic mass is 10.1. The summed E-state index contributed by atoms with van der Waals surface area (Å²) in [5, 5.41) is 4.73. The average Bonchev–Trinajstić information content (AvgIpc) is 3.21. The molecular weight excluding hydrogens is 390 g/mol. The second-order valence-electron chi connectivity index (χ2n) is 6.64. The summed E-state index contributed by atoms with van der Waals surface area (Å²) in [6.07, 6.45) is 5.46. The summed E-state index contributed by atoms with van der Waals surface area (Å²) in [5.74, 6) is 0. The Balaban J connectivity index is 1.71. The Morgan fingerprint density at radius 3 is 2.82 bits per heavy atom. The summed E-state index contributed by atoms with van der Waals surface area (Å²) < 4.78 is 1.66. The van der Waals surface area contributed by atoms with Crippen LogP contribution in [0.2, 0.25) is 5.02 Å². The zero-order chi connectivity index (χ0) is 19.5. The van der Waals surface area contributed by atoms with E-state index < -0.39 is 0 Å². The number of halogens is 1. The molecule has 0 aliphatic heterocycles. The molecule has 4 aromatic rings. The zero-order valence-electron chi connectivity index (χ0n) is 15.6. The molecule has 6 heteroatoms. The third-order valence-electron chi connectivity index (χ3n) is 4.78. The van der Waals surface area contributed by atoms with Crippen LogP contribution in [0.4, 0.5) is 0 Å². The monoisotopic (exact) mass is 409 g/mol. The van der Waals surface area contributed by atoms with Crippen LogP contribution in [0, 0.1) is 0 Å². The molecule has 0 amide bonds. The van der Waals surface area contributed by atoms with Crippen LogP contribution >= 0.6 is 22.9 Å². The van der Waals surface area contributed by atoms with Crippen molar-refractivity contribution in [1.29, 1.82) is 0 Å². The van der Waals surface area contributed by atoms with E-state index >= 15 is 0 Å². The molecule has 2 heterocycles. The molecular formula is C22H20ClN3OS. The van der Waals surface area contributed by atoms with Crippen LogP contribution in [-0.2, 0) is 19.3 Å². The number of hydrogen-bond acceptors (Lipinski definition) is 4. The van der Waals surface area contributed by atoms with Crippen molar-refractivity contribution < 1.29 is 0 Å². The number of nitrogens with zero attached hydrogens (tertiary/aromatic N) is 3. The summed E-state index contributed by atoms with van der Waals surface area (Å²) in [4.78, 5) is 21.5. The molecule has 0 unspecified atom stereocenters. The molecule has 0 bridgehead atoms. The number of rotatable bonds is 6. The van der Waals surface area contributed by atoms with Crippen LogP contribution in [0.15, 0.2) is 58.8 Å². The van der Waals surface area contributed by atoms with Crippen LogP contribution in [0.1, 0.15) is 29.6 Å². The first-order valence-corrected chi connectivity index (χ1v) is 10.6. The molecule has 0 aliphatic rings. The van der Waals surface area contributed by atoms with Gasteiger partial charge in [0.25, 0.3) is 0 Å². The zero-order valence-corrected chi connectivity index (χ0v) is 17.1. The molecule has 4 nitrogen and oxygen atoms in total. The number of benzene rings is 2. The van der Waals surface area contributed by atoms with Gasteiger partial charge < -0.3 is 0 Å². The molecule has 0 N–H and O–H groups in total. The first-order chi connectivity index (χ1) is 13.7. The summed E-state index contributed by atoms with van der Waals surface area (Å²) in [5.41, 5.74) is 3.33. The Morgan fingerprint density at radius 1 is 1.14 bits per heavy atom. The van der Waals surface area contributed by atoms with E-state index in [0.29, 0.717) is 11.4 Å². The van der Waals surface area contributed by atoms with Crippen LogP contribution < -0.4 is 5.69 Å². The minimum Gasteiger partial charge on any atom is -0.260 e. The van der Waals surface area contributed by atoms with Crippen LogP contribution in [0.25, 0.3) is 16.6 Å². The first-order valence-electron chi connectivity index (χ1n) is 9.34. The van der Waals surface area contributed by atoms with Gasteiger partial charge in [0.05, 0.1) is 21.9 Å². The smallest absolute Gasteiger partial charge is 0.260 e. The van der Waals surface area contributed by atoms with E-state index in [9.17, 15) is 4.79 Å². The van der Waals surface area contributed by atoms with E-state index in [4.69, 9.17) is 11.6 Å². The predicted molar refractivity (Wildman–Crippen MR) is 116 cm³/mol. The van der Waals surface area contributed by atoms with Crippen molar-refractivity contribution >= 4 is 33.8 Å². The lowest BCUT2D eigenvalue weighted by Crippen LogP contribution is -2.23. The molecule has 4 rings (SSSR count). The fraction of sp³-hybridized carbons (Fsp3) is 0.227. The van der Waals surface area contributed by atoms with Crippen LogP contribution in [0.5, 0.6) is 0 Å².